The molecule has 0 radical (unpaired) electrons. The van der Waals surface area contributed by atoms with Crippen molar-refractivity contribution in [2.45, 2.75) is 0 Å². The maximum Gasteiger partial charge on any atom is 0.141 e. The van der Waals surface area contributed by atoms with E-state index in [0.29, 0.717) is 11.3 Å². The smallest absolute Gasteiger partial charge is 0.141 e. The molecule has 0 atom stereocenters. The number of aromatic hydroxyl groups is 1. The fraction of sp³-hybridized carbons (Fsp3) is 0. The summed E-state index contributed by atoms with van der Waals surface area (Å²) in [5, 5.41) is 14.7. The van der Waals surface area contributed by atoms with E-state index >= 15 is 0 Å². The van der Waals surface area contributed by atoms with E-state index in [9.17, 15) is 5.11 Å². The van der Waals surface area contributed by atoms with Crippen molar-refractivity contribution in [1.82, 2.24) is 24.5 Å². The van der Waals surface area contributed by atoms with E-state index < -0.39 is 0 Å². The van der Waals surface area contributed by atoms with Crippen LogP contribution in [0, 0.1) is 0 Å². The zero-order valence-corrected chi connectivity index (χ0v) is 21.2. The topological polar surface area (TPSA) is 76.7 Å². The third-order valence-electron chi connectivity index (χ3n) is 7.42. The Labute approximate surface area is 228 Å². The van der Waals surface area contributed by atoms with E-state index in [2.05, 4.69) is 57.0 Å². The van der Waals surface area contributed by atoms with Gasteiger partial charge in [0.1, 0.15) is 17.9 Å². The Morgan fingerprint density at radius 3 is 1.80 bits per heavy atom. The molecule has 6 nitrogen and oxygen atoms in total. The number of hydrogen-bond donors (Lipinski definition) is 1. The van der Waals surface area contributed by atoms with Gasteiger partial charge in [-0.1, -0.05) is 72.8 Å². The van der Waals surface area contributed by atoms with Gasteiger partial charge in [-0.25, -0.2) is 19.9 Å². The first kappa shape index (κ1) is 22.4. The van der Waals surface area contributed by atoms with Crippen LogP contribution in [0.5, 0.6) is 5.75 Å². The third kappa shape index (κ3) is 3.43. The summed E-state index contributed by atoms with van der Waals surface area (Å²) in [4.78, 5) is 19.3. The van der Waals surface area contributed by atoms with Crippen LogP contribution in [0.15, 0.2) is 122 Å². The standard InChI is InChI=1S/C34H21N5O/c40-31-12-6-3-9-25(31)26-17-15-21-13-14-22-16-18-27(38-34(22)33(21)37-26)28-19-32(36-20-35-28)39-29-10-4-1-7-23(29)24-8-2-5-11-30(24)39/h1-20,40H. The molecule has 0 unspecified atom stereocenters. The third-order valence-corrected chi connectivity index (χ3v) is 7.42. The second-order valence-corrected chi connectivity index (χ2v) is 9.75. The molecule has 188 valence electrons. The summed E-state index contributed by atoms with van der Waals surface area (Å²) in [7, 11) is 0. The Balaban J connectivity index is 1.31. The summed E-state index contributed by atoms with van der Waals surface area (Å²) in [5.41, 5.74) is 6.58. The van der Waals surface area contributed by atoms with Crippen LogP contribution in [0.3, 0.4) is 0 Å². The van der Waals surface area contributed by atoms with Gasteiger partial charge in [0.05, 0.1) is 39.1 Å². The summed E-state index contributed by atoms with van der Waals surface area (Å²) in [6, 6.07) is 38.0. The quantitative estimate of drug-likeness (QED) is 0.244. The Morgan fingerprint density at radius 2 is 1.10 bits per heavy atom. The Kier molecular flexibility index (Phi) is 4.87. The minimum absolute atomic E-state index is 0.196. The molecular formula is C34H21N5O. The lowest BCUT2D eigenvalue weighted by atomic mass is 10.1. The van der Waals surface area contributed by atoms with Crippen molar-refractivity contribution in [2.75, 3.05) is 0 Å². The number of hydrogen-bond acceptors (Lipinski definition) is 5. The molecule has 0 aliphatic heterocycles. The van der Waals surface area contributed by atoms with Crippen molar-refractivity contribution in [3.63, 3.8) is 0 Å². The normalized spacial score (nSPS) is 11.6. The average molecular weight is 516 g/mol. The van der Waals surface area contributed by atoms with Crippen molar-refractivity contribution in [3.05, 3.63) is 122 Å². The molecule has 4 aromatic heterocycles. The first-order valence-electron chi connectivity index (χ1n) is 13.0. The van der Waals surface area contributed by atoms with E-state index in [-0.39, 0.29) is 5.75 Å². The number of fused-ring (bicyclic) bond motifs is 6. The van der Waals surface area contributed by atoms with Gasteiger partial charge in [-0.15, -0.1) is 0 Å². The van der Waals surface area contributed by atoms with E-state index in [1.165, 1.54) is 10.8 Å². The summed E-state index contributed by atoms with van der Waals surface area (Å²) in [6.45, 7) is 0. The molecule has 0 aliphatic rings. The van der Waals surface area contributed by atoms with E-state index in [1.807, 2.05) is 60.7 Å². The molecule has 1 N–H and O–H groups in total. The summed E-state index contributed by atoms with van der Waals surface area (Å²) in [5.74, 6) is 0.976. The van der Waals surface area contributed by atoms with Gasteiger partial charge < -0.3 is 5.11 Å². The number of pyridine rings is 2. The molecule has 6 heteroatoms. The van der Waals surface area contributed by atoms with Crippen LogP contribution < -0.4 is 0 Å². The van der Waals surface area contributed by atoms with Gasteiger partial charge >= 0.3 is 0 Å². The van der Waals surface area contributed by atoms with Crippen molar-refractivity contribution in [3.8, 4) is 34.2 Å². The molecule has 8 aromatic rings. The number of phenols is 1. The van der Waals surface area contributed by atoms with Crippen LogP contribution in [-0.4, -0.2) is 29.6 Å². The minimum atomic E-state index is 0.196. The van der Waals surface area contributed by atoms with Crippen molar-refractivity contribution in [2.24, 2.45) is 0 Å². The number of benzene rings is 4. The second kappa shape index (κ2) is 8.71. The molecule has 8 rings (SSSR count). The van der Waals surface area contributed by atoms with E-state index in [1.54, 1.807) is 18.5 Å². The molecule has 4 aromatic carbocycles. The van der Waals surface area contributed by atoms with Crippen molar-refractivity contribution >= 4 is 43.6 Å². The lowest BCUT2D eigenvalue weighted by Gasteiger charge is -2.10. The largest absolute Gasteiger partial charge is 0.507 e. The highest BCUT2D eigenvalue weighted by molar-refractivity contribution is 6.09. The van der Waals surface area contributed by atoms with Crippen LogP contribution >= 0.6 is 0 Å². The highest BCUT2D eigenvalue weighted by Crippen LogP contribution is 2.33. The monoisotopic (exact) mass is 515 g/mol. The molecular weight excluding hydrogens is 494 g/mol. The van der Waals surface area contributed by atoms with Crippen LogP contribution in [0.2, 0.25) is 0 Å². The van der Waals surface area contributed by atoms with Gasteiger partial charge in [0.15, 0.2) is 0 Å². The van der Waals surface area contributed by atoms with Crippen LogP contribution in [0.1, 0.15) is 0 Å². The zero-order valence-electron chi connectivity index (χ0n) is 21.2. The fourth-order valence-electron chi connectivity index (χ4n) is 5.53. The van der Waals surface area contributed by atoms with Gasteiger partial charge in [0.2, 0.25) is 0 Å². The van der Waals surface area contributed by atoms with Gasteiger partial charge in [0, 0.05) is 33.2 Å². The molecule has 0 amide bonds. The van der Waals surface area contributed by atoms with Gasteiger partial charge in [-0.05, 0) is 36.4 Å². The number of para-hydroxylation sites is 3. The van der Waals surface area contributed by atoms with Crippen molar-refractivity contribution in [1.29, 1.82) is 0 Å². The van der Waals surface area contributed by atoms with E-state index in [0.717, 1.165) is 50.0 Å². The number of phenolic OH excluding ortho intramolecular Hbond substituents is 1. The highest BCUT2D eigenvalue weighted by Gasteiger charge is 2.15. The molecule has 4 heterocycles. The average Bonchev–Trinajstić information content (AvgIpc) is 3.35. The maximum atomic E-state index is 10.4. The Morgan fingerprint density at radius 1 is 0.525 bits per heavy atom. The number of aromatic nitrogens is 5. The van der Waals surface area contributed by atoms with Crippen LogP contribution in [0.25, 0.3) is 72.1 Å². The SMILES string of the molecule is Oc1ccccc1-c1ccc2ccc3ccc(-c4cc(-n5c6ccccc6c6ccccc65)ncn4)nc3c2n1. The highest BCUT2D eigenvalue weighted by atomic mass is 16.3. The Bertz CT molecular complexity index is 2200. The van der Waals surface area contributed by atoms with Gasteiger partial charge in [0.25, 0.3) is 0 Å². The van der Waals surface area contributed by atoms with Crippen LogP contribution in [0.4, 0.5) is 0 Å². The maximum absolute atomic E-state index is 10.4. The number of nitrogens with zero attached hydrogens (tertiary/aromatic N) is 5. The zero-order chi connectivity index (χ0) is 26.6. The fourth-order valence-corrected chi connectivity index (χ4v) is 5.53. The second-order valence-electron chi connectivity index (χ2n) is 9.75. The predicted molar refractivity (Wildman–Crippen MR) is 160 cm³/mol. The van der Waals surface area contributed by atoms with Gasteiger partial charge in [-0.3, -0.25) is 4.57 Å². The predicted octanol–water partition coefficient (Wildman–Crippen LogP) is 7.71. The molecule has 0 saturated heterocycles. The summed E-state index contributed by atoms with van der Waals surface area (Å²) >= 11 is 0. The number of rotatable bonds is 3. The first-order valence-corrected chi connectivity index (χ1v) is 13.0. The summed E-state index contributed by atoms with van der Waals surface area (Å²) in [6.07, 6.45) is 1.59. The molecule has 0 bridgehead atoms. The molecule has 0 spiro atoms. The van der Waals surface area contributed by atoms with E-state index in [4.69, 9.17) is 9.97 Å². The summed E-state index contributed by atoms with van der Waals surface area (Å²) < 4.78 is 2.17. The molecule has 40 heavy (non-hydrogen) atoms. The molecule has 0 aliphatic carbocycles. The minimum Gasteiger partial charge on any atom is -0.507 e. The first-order chi connectivity index (χ1) is 19.7. The van der Waals surface area contributed by atoms with Crippen molar-refractivity contribution < 1.29 is 5.11 Å². The lowest BCUT2D eigenvalue weighted by molar-refractivity contribution is 0.477. The molecule has 0 fully saturated rings. The van der Waals surface area contributed by atoms with Gasteiger partial charge in [-0.2, -0.15) is 0 Å². The molecule has 0 saturated carbocycles. The van der Waals surface area contributed by atoms with Crippen LogP contribution in [-0.2, 0) is 0 Å². The Hall–Kier alpha value is -5.62. The lowest BCUT2D eigenvalue weighted by Crippen LogP contribution is -1.99.